The number of aliphatic hydroxyl groups excluding tert-OH is 4. The van der Waals surface area contributed by atoms with Crippen LogP contribution in [0.1, 0.15) is 53.5 Å². The maximum Gasteiger partial charge on any atom is 0.342 e. The molecule has 2 aromatic rings. The molecule has 2 aliphatic rings. The quantitative estimate of drug-likeness (QED) is 0.310. The number of benzene rings is 2. The number of phenols is 1. The van der Waals surface area contributed by atoms with Crippen molar-refractivity contribution in [1.29, 1.82) is 0 Å². The van der Waals surface area contributed by atoms with Gasteiger partial charge in [0.1, 0.15) is 28.9 Å². The van der Waals surface area contributed by atoms with Crippen LogP contribution in [-0.4, -0.2) is 96.7 Å². The van der Waals surface area contributed by atoms with Crippen LogP contribution in [0, 0.1) is 0 Å². The topological polar surface area (TPSA) is 181 Å². The van der Waals surface area contributed by atoms with Gasteiger partial charge < -0.3 is 49.2 Å². The van der Waals surface area contributed by atoms with Gasteiger partial charge in [0, 0.05) is 24.8 Å². The van der Waals surface area contributed by atoms with Crippen LogP contribution in [0.5, 0.6) is 17.2 Å². The number of hydrogen-bond acceptors (Lipinski definition) is 12. The third-order valence-corrected chi connectivity index (χ3v) is 6.22. The van der Waals surface area contributed by atoms with Gasteiger partial charge in [-0.25, -0.2) is 4.79 Å². The molecule has 0 unspecified atom stereocenters. The molecular formula is C32H42O12. The van der Waals surface area contributed by atoms with Crippen LogP contribution < -0.4 is 9.47 Å². The van der Waals surface area contributed by atoms with Crippen molar-refractivity contribution in [3.8, 4) is 17.2 Å². The number of ether oxygens (including phenoxy) is 5. The Bertz CT molecular complexity index is 1200. The minimum Gasteiger partial charge on any atom is -0.507 e. The van der Waals surface area contributed by atoms with E-state index in [0.717, 1.165) is 37.0 Å². The van der Waals surface area contributed by atoms with Gasteiger partial charge in [-0.15, -0.1) is 0 Å². The van der Waals surface area contributed by atoms with Gasteiger partial charge >= 0.3 is 5.97 Å². The number of hydrogen-bond donors (Lipinski definition) is 5. The Balaban J connectivity index is 0.000000296. The number of aromatic hydroxyl groups is 1. The van der Waals surface area contributed by atoms with Crippen LogP contribution in [0.4, 0.5) is 0 Å². The van der Waals surface area contributed by atoms with Crippen molar-refractivity contribution in [2.24, 2.45) is 0 Å². The summed E-state index contributed by atoms with van der Waals surface area (Å²) in [5.74, 6) is -0.429. The van der Waals surface area contributed by atoms with Gasteiger partial charge in [0.15, 0.2) is 12.1 Å². The maximum absolute atomic E-state index is 12.2. The lowest BCUT2D eigenvalue weighted by Crippen LogP contribution is -2.32. The average molecular weight is 619 g/mol. The molecule has 5 N–H and O–H groups in total. The van der Waals surface area contributed by atoms with Gasteiger partial charge in [-0.05, 0) is 55.5 Å². The Morgan fingerprint density at radius 3 is 2.11 bits per heavy atom. The predicted molar refractivity (Wildman–Crippen MR) is 160 cm³/mol. The molecule has 4 rings (SSSR count). The molecule has 2 atom stereocenters. The third-order valence-electron chi connectivity index (χ3n) is 6.22. The summed E-state index contributed by atoms with van der Waals surface area (Å²) in [4.78, 5) is 23.9. The normalized spacial score (nSPS) is 20.7. The number of fused-ring (bicyclic) bond motifs is 1. The molecule has 0 spiro atoms. The van der Waals surface area contributed by atoms with E-state index in [-0.39, 0.29) is 50.3 Å². The van der Waals surface area contributed by atoms with Crippen LogP contribution in [0.2, 0.25) is 0 Å². The van der Waals surface area contributed by atoms with Crippen molar-refractivity contribution >= 4 is 17.8 Å². The van der Waals surface area contributed by atoms with E-state index in [1.165, 1.54) is 37.5 Å². The summed E-state index contributed by atoms with van der Waals surface area (Å²) in [6.45, 7) is 1.73. The molecule has 12 nitrogen and oxygen atoms in total. The van der Waals surface area contributed by atoms with Crippen LogP contribution in [0.15, 0.2) is 54.6 Å². The Kier molecular flexibility index (Phi) is 16.7. The van der Waals surface area contributed by atoms with Gasteiger partial charge in [0.2, 0.25) is 0 Å². The molecule has 12 heteroatoms. The number of aliphatic hydroxyl groups is 4. The van der Waals surface area contributed by atoms with E-state index in [9.17, 15) is 24.9 Å². The number of esters is 1. The molecule has 1 saturated heterocycles. The fourth-order valence-electron chi connectivity index (χ4n) is 3.85. The SMILES string of the molecule is COc1cc(O)c2c(c1)/C=C/C[C@H](O)[C@H](O)C(=O)/C=C\CCOC2=O.COc1ccc(C2OCCCO2)cc1.OCCCO. The molecule has 0 saturated carbocycles. The van der Waals surface area contributed by atoms with Crippen molar-refractivity contribution in [3.05, 3.63) is 71.3 Å². The van der Waals surface area contributed by atoms with Crippen molar-refractivity contribution in [2.75, 3.05) is 47.3 Å². The number of phenolic OH excluding ortho intramolecular Hbond substituents is 1. The minimum absolute atomic E-state index is 0.00408. The summed E-state index contributed by atoms with van der Waals surface area (Å²) in [5, 5.41) is 45.6. The third kappa shape index (κ3) is 12.1. The Labute approximate surface area is 256 Å². The van der Waals surface area contributed by atoms with Crippen molar-refractivity contribution < 1.29 is 58.8 Å². The van der Waals surface area contributed by atoms with Crippen LogP contribution in [0.3, 0.4) is 0 Å². The first-order valence-electron chi connectivity index (χ1n) is 14.2. The highest BCUT2D eigenvalue weighted by atomic mass is 16.7. The second-order valence-corrected chi connectivity index (χ2v) is 9.49. The standard InChI is InChI=1S/C18H20O7.C11H14O3.C3H8O2/c1-24-12-9-11-5-4-7-14(20)17(22)13(19)6-2-3-8-25-18(23)16(11)15(21)10-12;1-12-10-5-3-9(4-6-10)11-13-7-2-8-14-11;4-2-1-3-5/h2,4-6,9-10,14,17,20-22H,3,7-8H2,1H3;3-6,11H,2,7-8H2,1H3;4-5H,1-3H2/b5-4+,6-2-;;/t14-,17+;;/m0../s1. The van der Waals surface area contributed by atoms with E-state index < -0.39 is 24.0 Å². The molecule has 242 valence electrons. The molecule has 0 aromatic heterocycles. The van der Waals surface area contributed by atoms with Gasteiger partial charge in [-0.3, -0.25) is 4.79 Å². The highest BCUT2D eigenvalue weighted by molar-refractivity contribution is 5.97. The van der Waals surface area contributed by atoms with Crippen molar-refractivity contribution in [3.63, 3.8) is 0 Å². The van der Waals surface area contributed by atoms with Gasteiger partial charge in [0.25, 0.3) is 0 Å². The average Bonchev–Trinajstić information content (AvgIpc) is 3.04. The number of ketones is 1. The van der Waals surface area contributed by atoms with Crippen LogP contribution >= 0.6 is 0 Å². The summed E-state index contributed by atoms with van der Waals surface area (Å²) in [6.07, 6.45) is 4.25. The largest absolute Gasteiger partial charge is 0.507 e. The summed E-state index contributed by atoms with van der Waals surface area (Å²) in [6, 6.07) is 10.6. The predicted octanol–water partition coefficient (Wildman–Crippen LogP) is 2.70. The first-order valence-corrected chi connectivity index (χ1v) is 14.2. The van der Waals surface area contributed by atoms with Gasteiger partial charge in [-0.1, -0.05) is 30.4 Å². The molecule has 44 heavy (non-hydrogen) atoms. The molecule has 0 amide bonds. The fourth-order valence-corrected chi connectivity index (χ4v) is 3.85. The van der Waals surface area contributed by atoms with E-state index in [4.69, 9.17) is 33.9 Å². The molecule has 1 fully saturated rings. The molecule has 2 aromatic carbocycles. The molecule has 0 aliphatic carbocycles. The lowest BCUT2D eigenvalue weighted by Gasteiger charge is -2.23. The van der Waals surface area contributed by atoms with E-state index in [2.05, 4.69) is 0 Å². The zero-order chi connectivity index (χ0) is 32.3. The Morgan fingerprint density at radius 2 is 1.52 bits per heavy atom. The number of rotatable bonds is 5. The van der Waals surface area contributed by atoms with Gasteiger partial charge in [0.05, 0.1) is 40.1 Å². The zero-order valence-corrected chi connectivity index (χ0v) is 25.0. The molecule has 2 aliphatic heterocycles. The molecule has 0 radical (unpaired) electrons. The van der Waals surface area contributed by atoms with Crippen LogP contribution in [0.25, 0.3) is 6.08 Å². The molecule has 2 heterocycles. The van der Waals surface area contributed by atoms with E-state index in [0.29, 0.717) is 17.7 Å². The number of carbonyl (C=O) groups excluding carboxylic acids is 2. The lowest BCUT2D eigenvalue weighted by atomic mass is 10.0. The number of carbonyl (C=O) groups is 2. The number of cyclic esters (lactones) is 1. The summed E-state index contributed by atoms with van der Waals surface area (Å²) in [5.41, 5.74) is 1.36. The number of methoxy groups -OCH3 is 2. The second kappa shape index (κ2) is 20.2. The minimum atomic E-state index is -1.54. The van der Waals surface area contributed by atoms with Crippen LogP contribution in [-0.2, 0) is 19.0 Å². The fraction of sp³-hybridized carbons (Fsp3) is 0.438. The first kappa shape index (κ1) is 36.4. The van der Waals surface area contributed by atoms with E-state index in [1.54, 1.807) is 7.11 Å². The highest BCUT2D eigenvalue weighted by Crippen LogP contribution is 2.30. The highest BCUT2D eigenvalue weighted by Gasteiger charge is 2.22. The van der Waals surface area contributed by atoms with E-state index in [1.807, 2.05) is 24.3 Å². The zero-order valence-electron chi connectivity index (χ0n) is 25.0. The van der Waals surface area contributed by atoms with Gasteiger partial charge in [-0.2, -0.15) is 0 Å². The second-order valence-electron chi connectivity index (χ2n) is 9.49. The Hall–Kier alpha value is -3.78. The van der Waals surface area contributed by atoms with Crippen molar-refractivity contribution in [2.45, 2.75) is 44.2 Å². The summed E-state index contributed by atoms with van der Waals surface area (Å²) >= 11 is 0. The smallest absolute Gasteiger partial charge is 0.342 e. The monoisotopic (exact) mass is 618 g/mol. The summed E-state index contributed by atoms with van der Waals surface area (Å²) in [7, 11) is 3.08. The molecular weight excluding hydrogens is 576 g/mol. The Morgan fingerprint density at radius 1 is 0.864 bits per heavy atom. The maximum atomic E-state index is 12.2. The lowest BCUT2D eigenvalue weighted by molar-refractivity contribution is -0.183. The first-order chi connectivity index (χ1) is 21.2. The summed E-state index contributed by atoms with van der Waals surface area (Å²) < 4.78 is 26.2. The van der Waals surface area contributed by atoms with Crippen molar-refractivity contribution in [1.82, 2.24) is 0 Å². The molecule has 0 bridgehead atoms. The van der Waals surface area contributed by atoms with E-state index >= 15 is 0 Å².